The van der Waals surface area contributed by atoms with E-state index in [0.717, 1.165) is 5.69 Å². The highest BCUT2D eigenvalue weighted by Crippen LogP contribution is 2.30. The number of guanidine groups is 2. The molecule has 0 saturated carbocycles. The molecule has 0 bridgehead atoms. The van der Waals surface area contributed by atoms with Gasteiger partial charge in [-0.1, -0.05) is 28.1 Å². The second kappa shape index (κ2) is 11.1. The Morgan fingerprint density at radius 3 is 2.34 bits per heavy atom. The van der Waals surface area contributed by atoms with E-state index in [1.807, 2.05) is 50.2 Å². The molecule has 172 valence electrons. The van der Waals surface area contributed by atoms with Crippen LogP contribution < -0.4 is 31.2 Å². The highest BCUT2D eigenvalue weighted by Gasteiger charge is 2.33. The maximum atomic E-state index is 11.5. The second-order valence-electron chi connectivity index (χ2n) is 7.17. The first-order chi connectivity index (χ1) is 14.8. The predicted octanol–water partition coefficient (Wildman–Crippen LogP) is 3.09. The number of ether oxygens (including phenoxy) is 2. The molecule has 1 amide bonds. The van der Waals surface area contributed by atoms with Crippen molar-refractivity contribution in [2.24, 2.45) is 21.5 Å². The highest BCUT2D eigenvalue weighted by atomic mass is 79.9. The number of rotatable bonds is 8. The predicted molar refractivity (Wildman–Crippen MR) is 133 cm³/mol. The number of benzene rings is 2. The van der Waals surface area contributed by atoms with E-state index in [0.29, 0.717) is 30.4 Å². The average Bonchev–Trinajstić information content (AvgIpc) is 2.70. The first-order valence-electron chi connectivity index (χ1n) is 9.60. The molecule has 0 radical (unpaired) electrons. The van der Waals surface area contributed by atoms with Crippen molar-refractivity contribution >= 4 is 57.5 Å². The van der Waals surface area contributed by atoms with Crippen molar-refractivity contribution in [2.75, 3.05) is 28.8 Å². The maximum absolute atomic E-state index is 11.5. The SMILES string of the molecule is CC1(C)N=C(N)N=C(N)N1c1cccc(OCCOc2cccc(NC(=O)CBr)c2)c1.Cl. The van der Waals surface area contributed by atoms with Crippen LogP contribution in [0.15, 0.2) is 58.5 Å². The van der Waals surface area contributed by atoms with Gasteiger partial charge in [-0.15, -0.1) is 12.4 Å². The average molecular weight is 526 g/mol. The fourth-order valence-corrected chi connectivity index (χ4v) is 3.28. The van der Waals surface area contributed by atoms with E-state index < -0.39 is 5.66 Å². The van der Waals surface area contributed by atoms with Crippen LogP contribution in [0.1, 0.15) is 13.8 Å². The quantitative estimate of drug-likeness (QED) is 0.359. The topological polar surface area (TPSA) is 128 Å². The van der Waals surface area contributed by atoms with Gasteiger partial charge >= 0.3 is 0 Å². The first-order valence-corrected chi connectivity index (χ1v) is 10.7. The molecule has 2 aromatic rings. The van der Waals surface area contributed by atoms with Crippen LogP contribution in [-0.4, -0.2) is 42.0 Å². The summed E-state index contributed by atoms with van der Waals surface area (Å²) in [7, 11) is 0. The van der Waals surface area contributed by atoms with E-state index in [1.54, 1.807) is 17.0 Å². The Morgan fingerprint density at radius 1 is 1.09 bits per heavy atom. The van der Waals surface area contributed by atoms with Gasteiger partial charge in [-0.2, -0.15) is 4.99 Å². The monoisotopic (exact) mass is 524 g/mol. The highest BCUT2D eigenvalue weighted by molar-refractivity contribution is 9.09. The smallest absolute Gasteiger partial charge is 0.235 e. The van der Waals surface area contributed by atoms with Crippen molar-refractivity contribution in [1.29, 1.82) is 0 Å². The van der Waals surface area contributed by atoms with Gasteiger partial charge in [0, 0.05) is 23.5 Å². The molecule has 0 aliphatic carbocycles. The minimum Gasteiger partial charge on any atom is -0.490 e. The fraction of sp³-hybridized carbons (Fsp3) is 0.286. The lowest BCUT2D eigenvalue weighted by molar-refractivity contribution is -0.113. The molecule has 3 rings (SSSR count). The summed E-state index contributed by atoms with van der Waals surface area (Å²) < 4.78 is 11.6. The zero-order valence-corrected chi connectivity index (χ0v) is 20.1. The summed E-state index contributed by atoms with van der Waals surface area (Å²) in [6.07, 6.45) is 0. The molecule has 0 atom stereocenters. The zero-order valence-electron chi connectivity index (χ0n) is 17.7. The number of carbonyl (C=O) groups is 1. The van der Waals surface area contributed by atoms with Crippen LogP contribution in [0.2, 0.25) is 0 Å². The van der Waals surface area contributed by atoms with Gasteiger partial charge in [-0.3, -0.25) is 9.69 Å². The largest absolute Gasteiger partial charge is 0.490 e. The number of anilines is 2. The Labute approximate surface area is 201 Å². The third-order valence-corrected chi connectivity index (χ3v) is 4.84. The normalized spacial score (nSPS) is 14.5. The molecule has 0 saturated heterocycles. The third kappa shape index (κ3) is 6.51. The Hall–Kier alpha value is -2.98. The van der Waals surface area contributed by atoms with E-state index in [2.05, 4.69) is 31.2 Å². The number of nitrogens with one attached hydrogen (secondary N) is 1. The number of amides is 1. The Morgan fingerprint density at radius 2 is 1.72 bits per heavy atom. The summed E-state index contributed by atoms with van der Waals surface area (Å²) >= 11 is 3.12. The molecule has 9 nitrogen and oxygen atoms in total. The van der Waals surface area contributed by atoms with Gasteiger partial charge in [-0.25, -0.2) is 4.99 Å². The van der Waals surface area contributed by atoms with Crippen molar-refractivity contribution < 1.29 is 14.3 Å². The van der Waals surface area contributed by atoms with Crippen LogP contribution >= 0.6 is 28.3 Å². The summed E-state index contributed by atoms with van der Waals surface area (Å²) in [6.45, 7) is 4.47. The summed E-state index contributed by atoms with van der Waals surface area (Å²) in [6, 6.07) is 14.7. The van der Waals surface area contributed by atoms with Gasteiger partial charge in [0.15, 0.2) is 0 Å². The zero-order chi connectivity index (χ0) is 22.4. The van der Waals surface area contributed by atoms with Crippen LogP contribution in [0, 0.1) is 0 Å². The molecule has 32 heavy (non-hydrogen) atoms. The molecule has 11 heteroatoms. The fourth-order valence-electron chi connectivity index (χ4n) is 3.14. The molecule has 2 aromatic carbocycles. The van der Waals surface area contributed by atoms with Crippen LogP contribution in [0.4, 0.5) is 11.4 Å². The number of nitrogens with two attached hydrogens (primary N) is 2. The summed E-state index contributed by atoms with van der Waals surface area (Å²) in [5.41, 5.74) is 12.6. The second-order valence-corrected chi connectivity index (χ2v) is 7.73. The Bertz CT molecular complexity index is 1010. The number of hydrogen-bond donors (Lipinski definition) is 3. The van der Waals surface area contributed by atoms with Crippen LogP contribution in [-0.2, 0) is 4.79 Å². The molecular weight excluding hydrogens is 500 g/mol. The van der Waals surface area contributed by atoms with E-state index in [1.165, 1.54) is 0 Å². The lowest BCUT2D eigenvalue weighted by Crippen LogP contribution is -2.54. The summed E-state index contributed by atoms with van der Waals surface area (Å²) in [5, 5.41) is 2.99. The van der Waals surface area contributed by atoms with Crippen molar-refractivity contribution in [1.82, 2.24) is 0 Å². The lowest BCUT2D eigenvalue weighted by Gasteiger charge is -2.38. The van der Waals surface area contributed by atoms with E-state index in [-0.39, 0.29) is 35.6 Å². The van der Waals surface area contributed by atoms with Gasteiger partial charge in [0.25, 0.3) is 0 Å². The summed E-state index contributed by atoms with van der Waals surface area (Å²) in [5.74, 6) is 1.59. The first kappa shape index (κ1) is 25.3. The van der Waals surface area contributed by atoms with Crippen molar-refractivity contribution in [3.63, 3.8) is 0 Å². The van der Waals surface area contributed by atoms with Crippen LogP contribution in [0.3, 0.4) is 0 Å². The van der Waals surface area contributed by atoms with E-state index in [9.17, 15) is 4.79 Å². The van der Waals surface area contributed by atoms with Crippen molar-refractivity contribution in [3.8, 4) is 11.5 Å². The number of aliphatic imine (C=N–C) groups is 2. The number of halogens is 2. The van der Waals surface area contributed by atoms with Crippen LogP contribution in [0.25, 0.3) is 0 Å². The van der Waals surface area contributed by atoms with Gasteiger partial charge in [0.1, 0.15) is 30.4 Å². The molecule has 5 N–H and O–H groups in total. The molecule has 0 fully saturated rings. The Balaban J connectivity index is 0.00000363. The van der Waals surface area contributed by atoms with Crippen molar-refractivity contribution in [3.05, 3.63) is 48.5 Å². The van der Waals surface area contributed by atoms with Crippen LogP contribution in [0.5, 0.6) is 11.5 Å². The number of alkyl halides is 1. The van der Waals surface area contributed by atoms with Gasteiger partial charge in [-0.05, 0) is 38.1 Å². The maximum Gasteiger partial charge on any atom is 0.235 e. The van der Waals surface area contributed by atoms with Gasteiger partial charge in [0.2, 0.25) is 17.8 Å². The minimum absolute atomic E-state index is 0. The Kier molecular flexibility index (Phi) is 8.73. The molecule has 0 unspecified atom stereocenters. The van der Waals surface area contributed by atoms with Gasteiger partial charge in [0.05, 0.1) is 5.33 Å². The molecule has 0 spiro atoms. The molecule has 1 heterocycles. The van der Waals surface area contributed by atoms with E-state index in [4.69, 9.17) is 20.9 Å². The molecule has 1 aliphatic rings. The number of hydrogen-bond acceptors (Lipinski definition) is 8. The minimum atomic E-state index is -0.674. The number of carbonyl (C=O) groups excluding carboxylic acids is 1. The summed E-state index contributed by atoms with van der Waals surface area (Å²) in [4.78, 5) is 21.7. The standard InChI is InChI=1S/C21H25BrN6O3.ClH/c1-21(2)27-19(23)26-20(24)28(21)15-6-4-8-17(12-15)31-10-9-30-16-7-3-5-14(11-16)25-18(29)13-22;/h3-8,11-12H,9-10,13H2,1-2H3,(H,25,29)(H4,23,24,26,27);1H. The molecule has 1 aliphatic heterocycles. The van der Waals surface area contributed by atoms with E-state index >= 15 is 0 Å². The molecular formula is C21H26BrClN6O3. The van der Waals surface area contributed by atoms with Gasteiger partial charge < -0.3 is 26.3 Å². The molecule has 0 aromatic heterocycles. The number of nitrogens with zero attached hydrogens (tertiary/aromatic N) is 3. The lowest BCUT2D eigenvalue weighted by atomic mass is 10.1. The third-order valence-electron chi connectivity index (χ3n) is 4.33. The van der Waals surface area contributed by atoms with Crippen molar-refractivity contribution in [2.45, 2.75) is 19.5 Å².